The molecule has 2 aliphatic heterocycles. The van der Waals surface area contributed by atoms with Crippen molar-refractivity contribution in [3.63, 3.8) is 0 Å². The number of ether oxygens (including phenoxy) is 1. The molecule has 1 atom stereocenters. The van der Waals surface area contributed by atoms with Crippen molar-refractivity contribution in [2.75, 3.05) is 19.7 Å². The van der Waals surface area contributed by atoms with Crippen LogP contribution in [-0.4, -0.2) is 45.5 Å². The lowest BCUT2D eigenvalue weighted by atomic mass is 10.3. The lowest BCUT2D eigenvalue weighted by Crippen LogP contribution is -2.36. The fraction of sp³-hybridized carbons (Fsp3) is 0.750. The normalized spacial score (nSPS) is 27.2. The van der Waals surface area contributed by atoms with Gasteiger partial charge in [0.15, 0.2) is 0 Å². The lowest BCUT2D eigenvalue weighted by Gasteiger charge is -2.25. The van der Waals surface area contributed by atoms with Gasteiger partial charge in [-0.15, -0.1) is 10.2 Å². The molecule has 0 saturated carbocycles. The number of aromatic nitrogens is 3. The standard InChI is InChI=1S/C8H12N4O/c1-2-12-6-9-10-8(12)4-11(1)3-7-5-13-7/h6-7H,1-5H2/t7-/m0/s1. The van der Waals surface area contributed by atoms with Gasteiger partial charge in [-0.05, 0) is 0 Å². The number of nitrogens with zero attached hydrogens (tertiary/aromatic N) is 4. The molecule has 0 aromatic carbocycles. The molecule has 0 amide bonds. The van der Waals surface area contributed by atoms with Crippen LogP contribution in [0, 0.1) is 0 Å². The summed E-state index contributed by atoms with van der Waals surface area (Å²) in [6.45, 7) is 5.00. The van der Waals surface area contributed by atoms with Crippen LogP contribution >= 0.6 is 0 Å². The Bertz CT molecular complexity index is 307. The van der Waals surface area contributed by atoms with Crippen LogP contribution in [0.1, 0.15) is 5.82 Å². The number of fused-ring (bicyclic) bond motifs is 1. The summed E-state index contributed by atoms with van der Waals surface area (Å²) in [5.74, 6) is 1.08. The predicted octanol–water partition coefficient (Wildman–Crippen LogP) is -0.508. The van der Waals surface area contributed by atoms with E-state index in [0.29, 0.717) is 6.10 Å². The van der Waals surface area contributed by atoms with E-state index in [1.807, 2.05) is 0 Å². The Hall–Kier alpha value is -0.940. The van der Waals surface area contributed by atoms with Crippen LogP contribution in [0.15, 0.2) is 6.33 Å². The van der Waals surface area contributed by atoms with Gasteiger partial charge in [0.25, 0.3) is 0 Å². The summed E-state index contributed by atoms with van der Waals surface area (Å²) in [7, 11) is 0. The molecule has 2 aliphatic rings. The Morgan fingerprint density at radius 3 is 3.31 bits per heavy atom. The zero-order valence-electron chi connectivity index (χ0n) is 7.39. The van der Waals surface area contributed by atoms with Crippen molar-refractivity contribution in [1.82, 2.24) is 19.7 Å². The highest BCUT2D eigenvalue weighted by Crippen LogP contribution is 2.15. The summed E-state index contributed by atoms with van der Waals surface area (Å²) >= 11 is 0. The predicted molar refractivity (Wildman–Crippen MR) is 45.0 cm³/mol. The van der Waals surface area contributed by atoms with E-state index in [0.717, 1.165) is 38.6 Å². The van der Waals surface area contributed by atoms with Gasteiger partial charge < -0.3 is 9.30 Å². The quantitative estimate of drug-likeness (QED) is 0.575. The first kappa shape index (κ1) is 7.46. The number of rotatable bonds is 2. The minimum atomic E-state index is 0.481. The van der Waals surface area contributed by atoms with E-state index in [1.54, 1.807) is 6.33 Å². The molecule has 1 saturated heterocycles. The molecule has 3 heterocycles. The largest absolute Gasteiger partial charge is 0.372 e. The second-order valence-electron chi connectivity index (χ2n) is 3.63. The minimum absolute atomic E-state index is 0.481. The van der Waals surface area contributed by atoms with Gasteiger partial charge in [-0.25, -0.2) is 0 Å². The van der Waals surface area contributed by atoms with Gasteiger partial charge in [-0.3, -0.25) is 4.90 Å². The molecular formula is C8H12N4O. The third-order valence-electron chi connectivity index (χ3n) is 2.58. The topological polar surface area (TPSA) is 46.5 Å². The van der Waals surface area contributed by atoms with Crippen LogP contribution in [0.3, 0.4) is 0 Å². The average Bonchev–Trinajstić information content (AvgIpc) is 2.83. The van der Waals surface area contributed by atoms with E-state index in [1.165, 1.54) is 0 Å². The molecule has 13 heavy (non-hydrogen) atoms. The monoisotopic (exact) mass is 180 g/mol. The second kappa shape index (κ2) is 2.78. The SMILES string of the molecule is c1nnc2n1CCN(C[C@H]1CO1)C2. The molecule has 1 aromatic rings. The van der Waals surface area contributed by atoms with Gasteiger partial charge >= 0.3 is 0 Å². The Labute approximate surface area is 76.3 Å². The average molecular weight is 180 g/mol. The van der Waals surface area contributed by atoms with Crippen molar-refractivity contribution in [3.8, 4) is 0 Å². The minimum Gasteiger partial charge on any atom is -0.372 e. The van der Waals surface area contributed by atoms with Gasteiger partial charge in [-0.2, -0.15) is 0 Å². The van der Waals surface area contributed by atoms with Gasteiger partial charge in [0.1, 0.15) is 12.2 Å². The van der Waals surface area contributed by atoms with Crippen molar-refractivity contribution in [2.45, 2.75) is 19.2 Å². The Balaban J connectivity index is 1.69. The second-order valence-corrected chi connectivity index (χ2v) is 3.63. The van der Waals surface area contributed by atoms with Crippen LogP contribution in [0.25, 0.3) is 0 Å². The van der Waals surface area contributed by atoms with Crippen molar-refractivity contribution >= 4 is 0 Å². The lowest BCUT2D eigenvalue weighted by molar-refractivity contribution is 0.197. The van der Waals surface area contributed by atoms with Crippen LogP contribution < -0.4 is 0 Å². The zero-order valence-corrected chi connectivity index (χ0v) is 7.39. The van der Waals surface area contributed by atoms with Gasteiger partial charge in [0, 0.05) is 19.6 Å². The number of hydrogen-bond acceptors (Lipinski definition) is 4. The highest BCUT2D eigenvalue weighted by molar-refractivity contribution is 4.91. The summed E-state index contributed by atoms with van der Waals surface area (Å²) in [6, 6.07) is 0. The summed E-state index contributed by atoms with van der Waals surface area (Å²) in [5, 5.41) is 7.95. The summed E-state index contributed by atoms with van der Waals surface area (Å²) in [5.41, 5.74) is 0. The maximum Gasteiger partial charge on any atom is 0.147 e. The Morgan fingerprint density at radius 1 is 1.54 bits per heavy atom. The van der Waals surface area contributed by atoms with Crippen molar-refractivity contribution in [2.24, 2.45) is 0 Å². The van der Waals surface area contributed by atoms with E-state index >= 15 is 0 Å². The third-order valence-corrected chi connectivity index (χ3v) is 2.58. The molecule has 1 aromatic heterocycles. The molecule has 5 nitrogen and oxygen atoms in total. The third kappa shape index (κ3) is 1.45. The molecule has 0 bridgehead atoms. The molecule has 0 aliphatic carbocycles. The fourth-order valence-electron chi connectivity index (χ4n) is 1.73. The van der Waals surface area contributed by atoms with Crippen molar-refractivity contribution in [1.29, 1.82) is 0 Å². The van der Waals surface area contributed by atoms with E-state index in [9.17, 15) is 0 Å². The van der Waals surface area contributed by atoms with Crippen molar-refractivity contribution < 1.29 is 4.74 Å². The summed E-state index contributed by atoms with van der Waals surface area (Å²) in [4.78, 5) is 2.38. The van der Waals surface area contributed by atoms with Crippen LogP contribution in [0.2, 0.25) is 0 Å². The molecule has 0 radical (unpaired) electrons. The smallest absolute Gasteiger partial charge is 0.147 e. The molecule has 0 unspecified atom stereocenters. The van der Waals surface area contributed by atoms with E-state index in [-0.39, 0.29) is 0 Å². The Kier molecular flexibility index (Phi) is 1.60. The fourth-order valence-corrected chi connectivity index (χ4v) is 1.73. The first-order chi connectivity index (χ1) is 6.42. The molecular weight excluding hydrogens is 168 g/mol. The van der Waals surface area contributed by atoms with Crippen LogP contribution in [-0.2, 0) is 17.8 Å². The highest BCUT2D eigenvalue weighted by Gasteiger charge is 2.27. The molecule has 5 heteroatoms. The number of hydrogen-bond donors (Lipinski definition) is 0. The molecule has 70 valence electrons. The molecule has 1 fully saturated rings. The van der Waals surface area contributed by atoms with Crippen LogP contribution in [0.5, 0.6) is 0 Å². The van der Waals surface area contributed by atoms with Gasteiger partial charge in [0.2, 0.25) is 0 Å². The Morgan fingerprint density at radius 2 is 2.46 bits per heavy atom. The molecule has 0 N–H and O–H groups in total. The maximum absolute atomic E-state index is 5.20. The highest BCUT2D eigenvalue weighted by atomic mass is 16.6. The van der Waals surface area contributed by atoms with Crippen LogP contribution in [0.4, 0.5) is 0 Å². The summed E-state index contributed by atoms with van der Waals surface area (Å²) < 4.78 is 7.31. The van der Waals surface area contributed by atoms with E-state index in [4.69, 9.17) is 4.74 Å². The maximum atomic E-state index is 5.20. The first-order valence-corrected chi connectivity index (χ1v) is 4.62. The zero-order chi connectivity index (χ0) is 8.67. The molecule has 3 rings (SSSR count). The van der Waals surface area contributed by atoms with Crippen molar-refractivity contribution in [3.05, 3.63) is 12.2 Å². The van der Waals surface area contributed by atoms with Gasteiger partial charge in [0.05, 0.1) is 19.3 Å². The number of epoxide rings is 1. The van der Waals surface area contributed by atoms with E-state index in [2.05, 4.69) is 19.7 Å². The van der Waals surface area contributed by atoms with Gasteiger partial charge in [-0.1, -0.05) is 0 Å². The van der Waals surface area contributed by atoms with E-state index < -0.39 is 0 Å². The molecule has 0 spiro atoms. The summed E-state index contributed by atoms with van der Waals surface area (Å²) in [6.07, 6.45) is 2.29. The first-order valence-electron chi connectivity index (χ1n) is 4.62.